The van der Waals surface area contributed by atoms with Crippen LogP contribution in [-0.2, 0) is 13.6 Å². The van der Waals surface area contributed by atoms with Crippen LogP contribution < -0.4 is 16.4 Å². The highest BCUT2D eigenvalue weighted by Crippen LogP contribution is 2.16. The average Bonchev–Trinajstić information content (AvgIpc) is 3.33. The van der Waals surface area contributed by atoms with E-state index in [-0.39, 0.29) is 5.91 Å². The van der Waals surface area contributed by atoms with Gasteiger partial charge in [0.15, 0.2) is 5.82 Å². The number of nitrogens with zero attached hydrogens (tertiary/aromatic N) is 4. The number of aromatic nitrogens is 4. The molecule has 0 radical (unpaired) electrons. The quantitative estimate of drug-likeness (QED) is 0.503. The van der Waals surface area contributed by atoms with Crippen LogP contribution in [0.4, 0.5) is 5.82 Å². The molecule has 25 heavy (non-hydrogen) atoms. The smallest absolute Gasteiger partial charge is 0.261 e. The Morgan fingerprint density at radius 3 is 3.00 bits per heavy atom. The van der Waals surface area contributed by atoms with Crippen molar-refractivity contribution in [2.75, 3.05) is 18.8 Å². The van der Waals surface area contributed by atoms with Gasteiger partial charge < -0.3 is 25.3 Å². The number of nitrogens with two attached hydrogens (primary N) is 1. The van der Waals surface area contributed by atoms with Gasteiger partial charge in [-0.2, -0.15) is 10.1 Å². The number of nitrogens with one attached hydrogen (secondary N) is 2. The molecule has 3 rings (SSSR count). The number of rotatable bonds is 8. The van der Waals surface area contributed by atoms with Crippen LogP contribution in [0.2, 0.25) is 0 Å². The molecule has 0 saturated heterocycles. The second-order valence-corrected chi connectivity index (χ2v) is 5.38. The maximum absolute atomic E-state index is 11.9. The lowest BCUT2D eigenvalue weighted by Gasteiger charge is -2.05. The summed E-state index contributed by atoms with van der Waals surface area (Å²) in [7, 11) is 1.69. The van der Waals surface area contributed by atoms with Crippen molar-refractivity contribution in [3.05, 3.63) is 36.2 Å². The van der Waals surface area contributed by atoms with E-state index in [0.717, 1.165) is 12.0 Å². The van der Waals surface area contributed by atoms with Crippen LogP contribution >= 0.6 is 0 Å². The molecule has 0 spiro atoms. The van der Waals surface area contributed by atoms with Gasteiger partial charge in [0, 0.05) is 13.6 Å². The first-order chi connectivity index (χ1) is 12.1. The molecule has 0 aliphatic rings. The maximum atomic E-state index is 11.9. The second kappa shape index (κ2) is 7.62. The summed E-state index contributed by atoms with van der Waals surface area (Å²) in [6.07, 6.45) is 5.29. The number of carbonyl (C=O) groups excluding carboxylic acids is 1. The van der Waals surface area contributed by atoms with Gasteiger partial charge >= 0.3 is 0 Å². The third-order valence-corrected chi connectivity index (χ3v) is 3.56. The normalized spacial score (nSPS) is 10.9. The summed E-state index contributed by atoms with van der Waals surface area (Å²) in [4.78, 5) is 16.2. The zero-order chi connectivity index (χ0) is 17.6. The van der Waals surface area contributed by atoms with Gasteiger partial charge in [-0.1, -0.05) is 5.16 Å². The Kier molecular flexibility index (Phi) is 5.09. The Bertz CT molecular complexity index is 822. The van der Waals surface area contributed by atoms with E-state index in [1.54, 1.807) is 25.6 Å². The molecule has 3 aromatic rings. The fraction of sp³-hybridized carbons (Fsp3) is 0.333. The van der Waals surface area contributed by atoms with E-state index in [4.69, 9.17) is 14.7 Å². The number of amides is 1. The topological polar surface area (TPSA) is 137 Å². The molecule has 0 bridgehead atoms. The minimum atomic E-state index is -0.228. The van der Waals surface area contributed by atoms with Gasteiger partial charge in [0.2, 0.25) is 0 Å². The second-order valence-electron chi connectivity index (χ2n) is 5.38. The first-order valence-corrected chi connectivity index (χ1v) is 7.76. The summed E-state index contributed by atoms with van der Waals surface area (Å²) in [5.74, 6) is 1.10. The summed E-state index contributed by atoms with van der Waals surface area (Å²) in [6, 6.07) is 1.75. The number of carbonyl (C=O) groups is 1. The molecule has 4 N–H and O–H groups in total. The number of furan rings is 1. The molecule has 10 heteroatoms. The molecule has 0 saturated carbocycles. The molecular weight excluding hydrogens is 326 g/mol. The molecule has 0 atom stereocenters. The molecule has 0 unspecified atom stereocenters. The van der Waals surface area contributed by atoms with Crippen LogP contribution in [0.3, 0.4) is 0 Å². The number of aryl methyl sites for hydroxylation is 1. The van der Waals surface area contributed by atoms with Gasteiger partial charge in [-0.3, -0.25) is 9.48 Å². The number of hydrogen-bond acceptors (Lipinski definition) is 8. The lowest BCUT2D eigenvalue weighted by molar-refractivity contribution is 0.0954. The minimum absolute atomic E-state index is 0.228. The van der Waals surface area contributed by atoms with E-state index in [1.165, 1.54) is 10.9 Å². The van der Waals surface area contributed by atoms with Crippen molar-refractivity contribution in [3.8, 4) is 11.5 Å². The van der Waals surface area contributed by atoms with Crippen LogP contribution in [0.25, 0.3) is 11.5 Å². The lowest BCUT2D eigenvalue weighted by atomic mass is 10.3. The zero-order valence-corrected chi connectivity index (χ0v) is 13.7. The lowest BCUT2D eigenvalue weighted by Crippen LogP contribution is -2.27. The molecule has 1 amide bonds. The molecule has 0 fully saturated rings. The van der Waals surface area contributed by atoms with Crippen molar-refractivity contribution in [1.82, 2.24) is 30.6 Å². The molecule has 10 nitrogen and oxygen atoms in total. The predicted octanol–water partition coefficient (Wildman–Crippen LogP) is 0.555. The van der Waals surface area contributed by atoms with E-state index in [2.05, 4.69) is 25.9 Å². The molecule has 0 aliphatic carbocycles. The third-order valence-electron chi connectivity index (χ3n) is 3.56. The molecular formula is C15H19N7O3. The fourth-order valence-corrected chi connectivity index (χ4v) is 2.16. The van der Waals surface area contributed by atoms with Gasteiger partial charge in [-0.25, -0.2) is 0 Å². The van der Waals surface area contributed by atoms with Crippen LogP contribution in [0.5, 0.6) is 0 Å². The summed E-state index contributed by atoms with van der Waals surface area (Å²) in [6.45, 7) is 1.69. The summed E-state index contributed by atoms with van der Waals surface area (Å²) < 4.78 is 11.6. The third kappa shape index (κ3) is 4.04. The molecule has 3 heterocycles. The molecule has 3 aromatic heterocycles. The van der Waals surface area contributed by atoms with E-state index < -0.39 is 0 Å². The summed E-state index contributed by atoms with van der Waals surface area (Å²) >= 11 is 0. The Morgan fingerprint density at radius 1 is 1.40 bits per heavy atom. The first kappa shape index (κ1) is 16.7. The monoisotopic (exact) mass is 345 g/mol. The fourth-order valence-electron chi connectivity index (χ4n) is 2.16. The van der Waals surface area contributed by atoms with Crippen molar-refractivity contribution in [1.29, 1.82) is 0 Å². The van der Waals surface area contributed by atoms with Crippen LogP contribution in [0, 0.1) is 0 Å². The summed E-state index contributed by atoms with van der Waals surface area (Å²) in [5.41, 5.74) is 6.89. The van der Waals surface area contributed by atoms with E-state index in [1.807, 2.05) is 0 Å². The highest BCUT2D eigenvalue weighted by Gasteiger charge is 2.13. The maximum Gasteiger partial charge on any atom is 0.261 e. The van der Waals surface area contributed by atoms with Crippen molar-refractivity contribution < 1.29 is 13.7 Å². The Morgan fingerprint density at radius 2 is 2.28 bits per heavy atom. The molecule has 0 aromatic carbocycles. The number of anilines is 1. The van der Waals surface area contributed by atoms with Crippen molar-refractivity contribution >= 4 is 11.7 Å². The highest BCUT2D eigenvalue weighted by molar-refractivity contribution is 5.98. The van der Waals surface area contributed by atoms with E-state index in [9.17, 15) is 4.79 Å². The summed E-state index contributed by atoms with van der Waals surface area (Å²) in [5, 5.41) is 13.8. The van der Waals surface area contributed by atoms with Gasteiger partial charge in [0.05, 0.1) is 24.6 Å². The van der Waals surface area contributed by atoms with Crippen LogP contribution in [0.15, 0.2) is 33.7 Å². The van der Waals surface area contributed by atoms with Crippen molar-refractivity contribution in [2.45, 2.75) is 13.0 Å². The van der Waals surface area contributed by atoms with Gasteiger partial charge in [-0.05, 0) is 19.0 Å². The zero-order valence-electron chi connectivity index (χ0n) is 13.7. The van der Waals surface area contributed by atoms with Crippen molar-refractivity contribution in [2.24, 2.45) is 7.05 Å². The average molecular weight is 345 g/mol. The molecule has 132 valence electrons. The SMILES string of the molecule is Cn1ncc(C(=O)NCCCNCc2noc(-c3ccoc3)n2)c1N. The standard InChI is InChI=1S/C15H19N7O3/c1-22-13(16)11(7-19-22)14(23)18-5-2-4-17-8-12-20-15(25-21-12)10-3-6-24-9-10/h3,6-7,9,17H,2,4-5,8,16H2,1H3,(H,18,23). The number of nitrogen functional groups attached to an aromatic ring is 1. The van der Waals surface area contributed by atoms with Crippen molar-refractivity contribution in [3.63, 3.8) is 0 Å². The van der Waals surface area contributed by atoms with E-state index >= 15 is 0 Å². The van der Waals surface area contributed by atoms with Gasteiger partial charge in [0.25, 0.3) is 11.8 Å². The first-order valence-electron chi connectivity index (χ1n) is 7.76. The van der Waals surface area contributed by atoms with Crippen LogP contribution in [0.1, 0.15) is 22.6 Å². The highest BCUT2D eigenvalue weighted by atomic mass is 16.5. The van der Waals surface area contributed by atoms with E-state index in [0.29, 0.717) is 42.7 Å². The van der Waals surface area contributed by atoms with Crippen LogP contribution in [-0.4, -0.2) is 38.9 Å². The van der Waals surface area contributed by atoms with Gasteiger partial charge in [0.1, 0.15) is 17.6 Å². The Hall–Kier alpha value is -3.14. The van der Waals surface area contributed by atoms with Gasteiger partial charge in [-0.15, -0.1) is 0 Å². The Labute approximate surface area is 143 Å². The number of hydrogen-bond donors (Lipinski definition) is 3. The predicted molar refractivity (Wildman–Crippen MR) is 88.3 cm³/mol. The largest absolute Gasteiger partial charge is 0.472 e. The Balaban J connectivity index is 1.34. The molecule has 0 aliphatic heterocycles. The minimum Gasteiger partial charge on any atom is -0.472 e.